The average Bonchev–Trinajstić information content (AvgIpc) is 3.21. The first-order valence-corrected chi connectivity index (χ1v) is 9.41. The van der Waals surface area contributed by atoms with E-state index >= 15 is 0 Å². The van der Waals surface area contributed by atoms with Crippen LogP contribution in [0, 0.1) is 13.8 Å². The largest absolute Gasteiger partial charge is 0.507 e. The maximum atomic E-state index is 13.1. The molecule has 1 amide bonds. The van der Waals surface area contributed by atoms with Crippen LogP contribution >= 0.6 is 0 Å². The molecular weight excluding hydrogens is 366 g/mol. The van der Waals surface area contributed by atoms with Crippen molar-refractivity contribution in [1.29, 1.82) is 0 Å². The molecule has 1 atom stereocenters. The number of hydrogen-bond acceptors (Lipinski definition) is 4. The number of phenolic OH excluding ortho intramolecular Hbond substituents is 1. The SMILES string of the molecule is C=CCN1C(=O)c2[nH]nc(-c3c(C)cc(C)cc3O)c2[C@@H]1c1cccc(OC)c1. The molecule has 0 saturated carbocycles. The van der Waals surface area contributed by atoms with Crippen molar-refractivity contribution in [2.24, 2.45) is 0 Å². The maximum Gasteiger partial charge on any atom is 0.273 e. The molecule has 29 heavy (non-hydrogen) atoms. The normalized spacial score (nSPS) is 15.5. The highest BCUT2D eigenvalue weighted by molar-refractivity contribution is 6.00. The van der Waals surface area contributed by atoms with Crippen molar-refractivity contribution >= 4 is 5.91 Å². The van der Waals surface area contributed by atoms with Crippen molar-refractivity contribution in [3.05, 3.63) is 77.0 Å². The number of phenols is 1. The van der Waals surface area contributed by atoms with Gasteiger partial charge in [-0.25, -0.2) is 0 Å². The molecule has 0 fully saturated rings. The van der Waals surface area contributed by atoms with Crippen molar-refractivity contribution in [2.75, 3.05) is 13.7 Å². The highest BCUT2D eigenvalue weighted by Gasteiger charge is 2.42. The molecule has 0 radical (unpaired) electrons. The molecule has 1 aliphatic heterocycles. The summed E-state index contributed by atoms with van der Waals surface area (Å²) in [4.78, 5) is 14.9. The number of benzene rings is 2. The van der Waals surface area contributed by atoms with Gasteiger partial charge in [-0.1, -0.05) is 24.3 Å². The van der Waals surface area contributed by atoms with Crippen molar-refractivity contribution < 1.29 is 14.6 Å². The summed E-state index contributed by atoms with van der Waals surface area (Å²) in [5, 5.41) is 18.0. The van der Waals surface area contributed by atoms with Crippen LogP contribution in [0.4, 0.5) is 0 Å². The lowest BCUT2D eigenvalue weighted by atomic mass is 9.93. The Morgan fingerprint density at radius 3 is 2.79 bits per heavy atom. The molecule has 0 unspecified atom stereocenters. The highest BCUT2D eigenvalue weighted by Crippen LogP contribution is 2.45. The molecule has 0 spiro atoms. The van der Waals surface area contributed by atoms with Crippen molar-refractivity contribution in [3.8, 4) is 22.8 Å². The van der Waals surface area contributed by atoms with Crippen LogP contribution in [-0.4, -0.2) is 39.8 Å². The lowest BCUT2D eigenvalue weighted by molar-refractivity contribution is 0.0764. The number of carbonyl (C=O) groups excluding carboxylic acids is 1. The first kappa shape index (κ1) is 18.8. The zero-order valence-corrected chi connectivity index (χ0v) is 16.7. The number of aromatic hydroxyl groups is 1. The number of carbonyl (C=O) groups is 1. The molecular formula is C23H23N3O3. The van der Waals surface area contributed by atoms with Crippen LogP contribution in [0.15, 0.2) is 49.1 Å². The van der Waals surface area contributed by atoms with E-state index in [0.717, 1.165) is 22.3 Å². The molecule has 6 heteroatoms. The standard InChI is InChI=1S/C23H23N3O3/c1-5-9-26-22(15-7-6-8-16(12-15)29-4)19-20(24-25-21(19)23(26)28)18-14(3)10-13(2)11-17(18)27/h5-8,10-12,22,27H,1,9H2,2-4H3,(H,24,25)/t22-/m0/s1. The average molecular weight is 389 g/mol. The van der Waals surface area contributed by atoms with E-state index in [9.17, 15) is 9.90 Å². The molecule has 6 nitrogen and oxygen atoms in total. The van der Waals surface area contributed by atoms with Gasteiger partial charge in [-0.3, -0.25) is 9.89 Å². The molecule has 2 N–H and O–H groups in total. The molecule has 0 bridgehead atoms. The van der Waals surface area contributed by atoms with E-state index in [1.54, 1.807) is 24.2 Å². The Morgan fingerprint density at radius 1 is 1.31 bits per heavy atom. The molecule has 0 aliphatic carbocycles. The summed E-state index contributed by atoms with van der Waals surface area (Å²) in [6, 6.07) is 11.0. The number of aromatic amines is 1. The number of aryl methyl sites for hydroxylation is 2. The zero-order chi connectivity index (χ0) is 20.7. The van der Waals surface area contributed by atoms with Crippen LogP contribution in [0.5, 0.6) is 11.5 Å². The third-order valence-electron chi connectivity index (χ3n) is 5.29. The van der Waals surface area contributed by atoms with Gasteiger partial charge in [0.25, 0.3) is 5.91 Å². The second-order valence-corrected chi connectivity index (χ2v) is 7.26. The Kier molecular flexibility index (Phi) is 4.62. The number of rotatable bonds is 5. The third kappa shape index (κ3) is 2.97. The molecule has 2 heterocycles. The van der Waals surface area contributed by atoms with Crippen molar-refractivity contribution in [2.45, 2.75) is 19.9 Å². The van der Waals surface area contributed by atoms with Gasteiger partial charge in [0.05, 0.1) is 13.2 Å². The maximum absolute atomic E-state index is 13.1. The highest BCUT2D eigenvalue weighted by atomic mass is 16.5. The minimum atomic E-state index is -0.362. The first-order chi connectivity index (χ1) is 14.0. The van der Waals surface area contributed by atoms with Crippen molar-refractivity contribution in [3.63, 3.8) is 0 Å². The Labute approximate surface area is 169 Å². The molecule has 1 aliphatic rings. The van der Waals surface area contributed by atoms with E-state index < -0.39 is 0 Å². The number of amides is 1. The summed E-state index contributed by atoms with van der Waals surface area (Å²) in [5.74, 6) is 0.716. The van der Waals surface area contributed by atoms with Crippen LogP contribution < -0.4 is 4.74 Å². The number of ether oxygens (including phenoxy) is 1. The molecule has 3 aromatic rings. The van der Waals surface area contributed by atoms with E-state index in [2.05, 4.69) is 16.8 Å². The van der Waals surface area contributed by atoms with E-state index in [1.807, 2.05) is 44.2 Å². The van der Waals surface area contributed by atoms with Gasteiger partial charge in [-0.05, 0) is 48.7 Å². The predicted octanol–water partition coefficient (Wildman–Crippen LogP) is 4.14. The van der Waals surface area contributed by atoms with Gasteiger partial charge in [0.2, 0.25) is 0 Å². The number of H-pyrrole nitrogens is 1. The van der Waals surface area contributed by atoms with Gasteiger partial charge in [-0.15, -0.1) is 6.58 Å². The Bertz CT molecular complexity index is 1090. The van der Waals surface area contributed by atoms with Gasteiger partial charge in [0.1, 0.15) is 22.9 Å². The monoisotopic (exact) mass is 389 g/mol. The summed E-state index contributed by atoms with van der Waals surface area (Å²) >= 11 is 0. The minimum Gasteiger partial charge on any atom is -0.507 e. The fraction of sp³-hybridized carbons (Fsp3) is 0.217. The summed E-state index contributed by atoms with van der Waals surface area (Å²) in [6.07, 6.45) is 1.71. The second-order valence-electron chi connectivity index (χ2n) is 7.26. The Morgan fingerprint density at radius 2 is 2.10 bits per heavy atom. The molecule has 2 aromatic carbocycles. The van der Waals surface area contributed by atoms with Gasteiger partial charge >= 0.3 is 0 Å². The van der Waals surface area contributed by atoms with Gasteiger partial charge in [0.15, 0.2) is 0 Å². The number of fused-ring (bicyclic) bond motifs is 1. The predicted molar refractivity (Wildman–Crippen MR) is 111 cm³/mol. The number of nitrogens with zero attached hydrogens (tertiary/aromatic N) is 2. The summed E-state index contributed by atoms with van der Waals surface area (Å²) in [7, 11) is 1.61. The van der Waals surface area contributed by atoms with Gasteiger partial charge in [-0.2, -0.15) is 5.10 Å². The smallest absolute Gasteiger partial charge is 0.273 e. The topological polar surface area (TPSA) is 78.5 Å². The van der Waals surface area contributed by atoms with Gasteiger partial charge in [0, 0.05) is 17.7 Å². The fourth-order valence-electron chi connectivity index (χ4n) is 4.13. The second kappa shape index (κ2) is 7.13. The fourth-order valence-corrected chi connectivity index (χ4v) is 4.13. The lowest BCUT2D eigenvalue weighted by Crippen LogP contribution is -2.29. The van der Waals surface area contributed by atoms with E-state index in [1.165, 1.54) is 0 Å². The lowest BCUT2D eigenvalue weighted by Gasteiger charge is -2.25. The molecule has 4 rings (SSSR count). The minimum absolute atomic E-state index is 0.143. The van der Waals surface area contributed by atoms with E-state index in [0.29, 0.717) is 29.2 Å². The number of hydrogen-bond donors (Lipinski definition) is 2. The number of methoxy groups -OCH3 is 1. The van der Waals surface area contributed by atoms with E-state index in [-0.39, 0.29) is 17.7 Å². The summed E-state index contributed by atoms with van der Waals surface area (Å²) < 4.78 is 5.39. The van der Waals surface area contributed by atoms with Crippen molar-refractivity contribution in [1.82, 2.24) is 15.1 Å². The zero-order valence-electron chi connectivity index (χ0n) is 16.7. The summed E-state index contributed by atoms with van der Waals surface area (Å²) in [5.41, 5.74) is 5.18. The van der Waals surface area contributed by atoms with E-state index in [4.69, 9.17) is 4.74 Å². The van der Waals surface area contributed by atoms with Crippen LogP contribution in [0.3, 0.4) is 0 Å². The molecule has 148 valence electrons. The quantitative estimate of drug-likeness (QED) is 0.643. The van der Waals surface area contributed by atoms with Crippen LogP contribution in [0.25, 0.3) is 11.3 Å². The first-order valence-electron chi connectivity index (χ1n) is 9.41. The number of aromatic nitrogens is 2. The Hall–Kier alpha value is -3.54. The third-order valence-corrected chi connectivity index (χ3v) is 5.29. The number of nitrogens with one attached hydrogen (secondary N) is 1. The van der Waals surface area contributed by atoms with Crippen LogP contribution in [0.1, 0.15) is 38.8 Å². The molecule has 0 saturated heterocycles. The Balaban J connectivity index is 1.95. The van der Waals surface area contributed by atoms with Crippen LogP contribution in [0.2, 0.25) is 0 Å². The molecule has 1 aromatic heterocycles. The van der Waals surface area contributed by atoms with Crippen LogP contribution in [-0.2, 0) is 0 Å². The summed E-state index contributed by atoms with van der Waals surface area (Å²) in [6.45, 7) is 8.06. The van der Waals surface area contributed by atoms with Gasteiger partial charge < -0.3 is 14.7 Å².